The van der Waals surface area contributed by atoms with Gasteiger partial charge in [-0.3, -0.25) is 9.48 Å². The van der Waals surface area contributed by atoms with E-state index >= 15 is 0 Å². The first-order valence-corrected chi connectivity index (χ1v) is 6.52. The molecule has 2 heterocycles. The summed E-state index contributed by atoms with van der Waals surface area (Å²) in [4.78, 5) is 12.1. The van der Waals surface area contributed by atoms with Gasteiger partial charge in [-0.05, 0) is 19.4 Å². The van der Waals surface area contributed by atoms with Crippen molar-refractivity contribution < 1.29 is 9.53 Å². The number of aromatic nitrogens is 2. The Balaban J connectivity index is 1.97. The van der Waals surface area contributed by atoms with Crippen LogP contribution in [0.2, 0.25) is 0 Å². The Labute approximate surface area is 107 Å². The van der Waals surface area contributed by atoms with Gasteiger partial charge in [-0.15, -0.1) is 0 Å². The van der Waals surface area contributed by atoms with Crippen LogP contribution in [0.3, 0.4) is 0 Å². The van der Waals surface area contributed by atoms with E-state index in [0.717, 1.165) is 12.1 Å². The normalized spacial score (nSPS) is 25.3. The van der Waals surface area contributed by atoms with E-state index in [0.29, 0.717) is 25.7 Å². The first-order valence-electron chi connectivity index (χ1n) is 6.52. The van der Waals surface area contributed by atoms with Crippen LogP contribution in [0.1, 0.15) is 32.0 Å². The Morgan fingerprint density at radius 3 is 3.06 bits per heavy atom. The number of carbonyl (C=O) groups excluding carboxylic acids is 1. The van der Waals surface area contributed by atoms with E-state index in [1.807, 2.05) is 16.9 Å². The molecule has 0 radical (unpaired) electrons. The van der Waals surface area contributed by atoms with Crippen molar-refractivity contribution in [2.75, 3.05) is 13.2 Å². The summed E-state index contributed by atoms with van der Waals surface area (Å²) >= 11 is 0. The lowest BCUT2D eigenvalue weighted by Gasteiger charge is -2.11. The summed E-state index contributed by atoms with van der Waals surface area (Å²) in [6.45, 7) is 5.16. The topological polar surface area (TPSA) is 70.1 Å². The predicted molar refractivity (Wildman–Crippen MR) is 68.2 cm³/mol. The first kappa shape index (κ1) is 13.2. The second-order valence-corrected chi connectivity index (χ2v) is 5.00. The van der Waals surface area contributed by atoms with E-state index in [1.165, 1.54) is 0 Å². The van der Waals surface area contributed by atoms with Gasteiger partial charge in [0.15, 0.2) is 0 Å². The average molecular weight is 251 g/mol. The lowest BCUT2D eigenvalue weighted by molar-refractivity contribution is -0.122. The molecule has 0 aliphatic carbocycles. The number of nitrogens with two attached hydrogens (primary N) is 1. The average Bonchev–Trinajstić information content (AvgIpc) is 2.97. The van der Waals surface area contributed by atoms with Gasteiger partial charge in [-0.2, -0.15) is 5.10 Å². The maximum absolute atomic E-state index is 12.1. The number of hydrogen-bond acceptors (Lipinski definition) is 4. The van der Waals surface area contributed by atoms with E-state index in [-0.39, 0.29) is 17.7 Å². The fourth-order valence-electron chi connectivity index (χ4n) is 2.12. The quantitative estimate of drug-likeness (QED) is 0.845. The van der Waals surface area contributed by atoms with Gasteiger partial charge in [0, 0.05) is 18.3 Å². The fourth-order valence-corrected chi connectivity index (χ4v) is 2.12. The molecule has 2 N–H and O–H groups in total. The summed E-state index contributed by atoms with van der Waals surface area (Å²) < 4.78 is 7.13. The number of hydrogen-bond donors (Lipinski definition) is 1. The molecule has 1 aliphatic rings. The molecule has 1 saturated heterocycles. The minimum absolute atomic E-state index is 0.134. The van der Waals surface area contributed by atoms with Crippen LogP contribution < -0.4 is 5.73 Å². The summed E-state index contributed by atoms with van der Waals surface area (Å²) in [6, 6.07) is 2.12. The van der Waals surface area contributed by atoms with Crippen molar-refractivity contribution in [1.82, 2.24) is 9.78 Å². The Bertz CT molecular complexity index is 416. The molecule has 0 saturated carbocycles. The second-order valence-electron chi connectivity index (χ2n) is 5.00. The van der Waals surface area contributed by atoms with Crippen LogP contribution in [-0.4, -0.2) is 34.8 Å². The van der Waals surface area contributed by atoms with Crippen LogP contribution in [0.15, 0.2) is 12.3 Å². The molecule has 5 nitrogen and oxygen atoms in total. The number of nitrogens with zero attached hydrogens (tertiary/aromatic N) is 2. The van der Waals surface area contributed by atoms with Gasteiger partial charge in [-0.25, -0.2) is 0 Å². The van der Waals surface area contributed by atoms with Gasteiger partial charge in [0.2, 0.25) is 0 Å². The maximum atomic E-state index is 12.1. The van der Waals surface area contributed by atoms with E-state index in [1.54, 1.807) is 0 Å². The van der Waals surface area contributed by atoms with Crippen LogP contribution >= 0.6 is 0 Å². The monoisotopic (exact) mass is 251 g/mol. The molecule has 1 aromatic rings. The van der Waals surface area contributed by atoms with Crippen LogP contribution in [-0.2, 0) is 16.0 Å². The highest BCUT2D eigenvalue weighted by Crippen LogP contribution is 2.16. The summed E-state index contributed by atoms with van der Waals surface area (Å²) in [6.07, 6.45) is 3.31. The molecule has 2 rings (SSSR count). The number of ether oxygens (including phenoxy) is 1. The van der Waals surface area contributed by atoms with Gasteiger partial charge in [0.25, 0.3) is 0 Å². The summed E-state index contributed by atoms with van der Waals surface area (Å²) in [5.41, 5.74) is 6.66. The summed E-state index contributed by atoms with van der Waals surface area (Å²) in [5.74, 6) is -0.0341. The number of ketones is 1. The van der Waals surface area contributed by atoms with E-state index < -0.39 is 0 Å². The van der Waals surface area contributed by atoms with Crippen molar-refractivity contribution in [2.45, 2.75) is 38.8 Å². The van der Waals surface area contributed by atoms with Crippen LogP contribution in [0.5, 0.6) is 0 Å². The maximum Gasteiger partial charge on any atom is 0.145 e. The zero-order chi connectivity index (χ0) is 13.1. The molecule has 3 unspecified atom stereocenters. The molecule has 1 aliphatic heterocycles. The Morgan fingerprint density at radius 1 is 1.67 bits per heavy atom. The molecule has 1 fully saturated rings. The van der Waals surface area contributed by atoms with Crippen molar-refractivity contribution in [2.24, 2.45) is 11.7 Å². The molecule has 5 heteroatoms. The highest BCUT2D eigenvalue weighted by Gasteiger charge is 2.31. The van der Waals surface area contributed by atoms with Crippen LogP contribution in [0, 0.1) is 5.92 Å². The predicted octanol–water partition coefficient (Wildman–Crippen LogP) is 0.939. The van der Waals surface area contributed by atoms with Crippen LogP contribution in [0.4, 0.5) is 0 Å². The summed E-state index contributed by atoms with van der Waals surface area (Å²) in [7, 11) is 0. The first-order chi connectivity index (χ1) is 8.61. The molecular formula is C13H21N3O2. The number of rotatable bonds is 5. The van der Waals surface area contributed by atoms with Crippen LogP contribution in [0.25, 0.3) is 0 Å². The molecule has 0 spiro atoms. The smallest absolute Gasteiger partial charge is 0.145 e. The molecular weight excluding hydrogens is 230 g/mol. The summed E-state index contributed by atoms with van der Waals surface area (Å²) in [5, 5.41) is 4.43. The Hall–Kier alpha value is -1.20. The van der Waals surface area contributed by atoms with Crippen molar-refractivity contribution in [1.29, 1.82) is 0 Å². The third kappa shape index (κ3) is 2.79. The fraction of sp³-hybridized carbons (Fsp3) is 0.692. The van der Waals surface area contributed by atoms with Crippen molar-refractivity contribution in [3.8, 4) is 0 Å². The third-order valence-corrected chi connectivity index (χ3v) is 3.60. The van der Waals surface area contributed by atoms with Crippen molar-refractivity contribution in [3.05, 3.63) is 18.0 Å². The van der Waals surface area contributed by atoms with Crippen molar-refractivity contribution in [3.63, 3.8) is 0 Å². The van der Waals surface area contributed by atoms with Gasteiger partial charge in [0.1, 0.15) is 5.78 Å². The molecule has 100 valence electrons. The second kappa shape index (κ2) is 5.63. The largest absolute Gasteiger partial charge is 0.379 e. The van der Waals surface area contributed by atoms with Gasteiger partial charge < -0.3 is 10.5 Å². The van der Waals surface area contributed by atoms with Gasteiger partial charge in [-0.1, -0.05) is 6.92 Å². The van der Waals surface area contributed by atoms with Gasteiger partial charge in [0.05, 0.1) is 31.2 Å². The van der Waals surface area contributed by atoms with E-state index in [9.17, 15) is 4.79 Å². The van der Waals surface area contributed by atoms with E-state index in [2.05, 4.69) is 18.9 Å². The van der Waals surface area contributed by atoms with Crippen molar-refractivity contribution >= 4 is 5.78 Å². The minimum Gasteiger partial charge on any atom is -0.379 e. The number of Topliss-reactive ketones (excluding diaryl/α,β-unsaturated/α-hetero) is 1. The zero-order valence-corrected chi connectivity index (χ0v) is 11.0. The minimum atomic E-state index is -0.168. The molecule has 18 heavy (non-hydrogen) atoms. The number of carbonyl (C=O) groups is 1. The molecule has 0 bridgehead atoms. The van der Waals surface area contributed by atoms with E-state index in [4.69, 9.17) is 10.5 Å². The Morgan fingerprint density at radius 2 is 2.44 bits per heavy atom. The molecule has 0 aromatic carbocycles. The lowest BCUT2D eigenvalue weighted by atomic mass is 9.96. The highest BCUT2D eigenvalue weighted by atomic mass is 16.5. The lowest BCUT2D eigenvalue weighted by Crippen LogP contribution is -2.34. The Kier molecular flexibility index (Phi) is 4.14. The third-order valence-electron chi connectivity index (χ3n) is 3.60. The SMILES string of the molecule is CCC(C)n1ccc(CC(=O)C2COCC2N)n1. The highest BCUT2D eigenvalue weighted by molar-refractivity contribution is 5.83. The standard InChI is InChI=1S/C13H21N3O2/c1-3-9(2)16-5-4-10(15-16)6-13(17)11-7-18-8-12(11)14/h4-5,9,11-12H,3,6-8,14H2,1-2H3. The molecule has 0 amide bonds. The molecule has 3 atom stereocenters. The van der Waals surface area contributed by atoms with Gasteiger partial charge >= 0.3 is 0 Å². The molecule has 1 aromatic heterocycles. The zero-order valence-electron chi connectivity index (χ0n) is 11.0.